The first-order chi connectivity index (χ1) is 4.91. The van der Waals surface area contributed by atoms with Crippen molar-refractivity contribution in [3.8, 4) is 0 Å². The molecule has 0 amide bonds. The van der Waals surface area contributed by atoms with E-state index in [0.29, 0.717) is 9.21 Å². The van der Waals surface area contributed by atoms with Gasteiger partial charge in [0.25, 0.3) is 10.1 Å². The second kappa shape index (κ2) is 3.93. The Morgan fingerprint density at radius 3 is 2.25 bits per heavy atom. The van der Waals surface area contributed by atoms with Gasteiger partial charge in [0.1, 0.15) is 4.90 Å². The van der Waals surface area contributed by atoms with Gasteiger partial charge in [-0.05, 0) is 13.0 Å². The molecule has 1 rings (SSSR count). The lowest BCUT2D eigenvalue weighted by atomic mass is 10.5. The van der Waals surface area contributed by atoms with Gasteiger partial charge >= 0.3 is 0 Å². The molecule has 0 aromatic carbocycles. The van der Waals surface area contributed by atoms with Crippen LogP contribution in [0, 0.1) is 6.92 Å². The first kappa shape index (κ1) is 12.2. The van der Waals surface area contributed by atoms with Crippen LogP contribution >= 0.6 is 35.3 Å². The van der Waals surface area contributed by atoms with E-state index < -0.39 is 10.1 Å². The summed E-state index contributed by atoms with van der Waals surface area (Å²) in [6.45, 7) is 1.58. The molecule has 1 aromatic rings. The van der Waals surface area contributed by atoms with Gasteiger partial charge in [-0.15, -0.1) is 23.7 Å². The molecule has 0 saturated carbocycles. The van der Waals surface area contributed by atoms with Gasteiger partial charge in [0.15, 0.2) is 0 Å². The van der Waals surface area contributed by atoms with Gasteiger partial charge in [-0.3, -0.25) is 4.55 Å². The van der Waals surface area contributed by atoms with E-state index in [4.69, 9.17) is 16.2 Å². The Morgan fingerprint density at radius 1 is 1.58 bits per heavy atom. The van der Waals surface area contributed by atoms with Crippen LogP contribution in [-0.4, -0.2) is 13.0 Å². The first-order valence-electron chi connectivity index (χ1n) is 2.64. The fourth-order valence-electron chi connectivity index (χ4n) is 0.687. The molecule has 12 heavy (non-hydrogen) atoms. The highest BCUT2D eigenvalue weighted by Crippen LogP contribution is 2.28. The lowest BCUT2D eigenvalue weighted by molar-refractivity contribution is 0.483. The van der Waals surface area contributed by atoms with Crippen molar-refractivity contribution in [2.45, 2.75) is 11.8 Å². The standard InChI is InChI=1S/C5H5ClO3S2.ClH/c1-3-4(11(7,8)9)2-5(6)10-3;/h2H,1H3,(H,7,8,9);1H. The van der Waals surface area contributed by atoms with Crippen LogP contribution < -0.4 is 0 Å². The largest absolute Gasteiger partial charge is 0.295 e. The summed E-state index contributed by atoms with van der Waals surface area (Å²) in [7, 11) is -4.09. The molecule has 7 heteroatoms. The smallest absolute Gasteiger partial charge is 0.282 e. The van der Waals surface area contributed by atoms with Gasteiger partial charge < -0.3 is 0 Å². The quantitative estimate of drug-likeness (QED) is 0.777. The van der Waals surface area contributed by atoms with Crippen molar-refractivity contribution < 1.29 is 13.0 Å². The lowest BCUT2D eigenvalue weighted by Crippen LogP contribution is -1.96. The molecule has 0 atom stereocenters. The van der Waals surface area contributed by atoms with Gasteiger partial charge in [-0.1, -0.05) is 11.6 Å². The Labute approximate surface area is 85.5 Å². The highest BCUT2D eigenvalue weighted by Gasteiger charge is 2.15. The topological polar surface area (TPSA) is 54.4 Å². The molecule has 70 valence electrons. The monoisotopic (exact) mass is 248 g/mol. The SMILES string of the molecule is Cc1sc(Cl)cc1S(=O)(=O)O.Cl. The summed E-state index contributed by atoms with van der Waals surface area (Å²) in [5.41, 5.74) is 0. The van der Waals surface area contributed by atoms with Gasteiger partial charge in [0.2, 0.25) is 0 Å². The normalized spacial score (nSPS) is 10.9. The maximum Gasteiger partial charge on any atom is 0.295 e. The summed E-state index contributed by atoms with van der Waals surface area (Å²) < 4.78 is 30.1. The summed E-state index contributed by atoms with van der Waals surface area (Å²) in [5.74, 6) is 0. The fraction of sp³-hybridized carbons (Fsp3) is 0.200. The molecule has 0 bridgehead atoms. The van der Waals surface area contributed by atoms with Gasteiger partial charge in [-0.2, -0.15) is 8.42 Å². The highest BCUT2D eigenvalue weighted by molar-refractivity contribution is 7.86. The molecular weight excluding hydrogens is 243 g/mol. The predicted octanol–water partition coefficient (Wildman–Crippen LogP) is 2.38. The zero-order chi connectivity index (χ0) is 8.65. The van der Waals surface area contributed by atoms with Gasteiger partial charge in [0, 0.05) is 4.88 Å². The third-order valence-electron chi connectivity index (χ3n) is 1.12. The number of aryl methyl sites for hydroxylation is 1. The number of rotatable bonds is 1. The van der Waals surface area contributed by atoms with E-state index in [9.17, 15) is 8.42 Å². The average Bonchev–Trinajstić information content (AvgIpc) is 2.08. The lowest BCUT2D eigenvalue weighted by Gasteiger charge is -1.90. The molecule has 3 nitrogen and oxygen atoms in total. The number of thiophene rings is 1. The zero-order valence-corrected chi connectivity index (χ0v) is 9.15. The van der Waals surface area contributed by atoms with Crippen molar-refractivity contribution in [1.82, 2.24) is 0 Å². The molecule has 1 heterocycles. The number of hydrogen-bond acceptors (Lipinski definition) is 3. The molecule has 0 radical (unpaired) electrons. The second-order valence-corrected chi connectivity index (χ2v) is 5.22. The minimum Gasteiger partial charge on any atom is -0.282 e. The van der Waals surface area contributed by atoms with E-state index in [0.717, 1.165) is 11.3 Å². The molecule has 0 aliphatic carbocycles. The van der Waals surface area contributed by atoms with E-state index >= 15 is 0 Å². The van der Waals surface area contributed by atoms with E-state index in [2.05, 4.69) is 0 Å². The summed E-state index contributed by atoms with van der Waals surface area (Å²) in [4.78, 5) is 0.394. The Hall–Kier alpha value is 0.190. The van der Waals surface area contributed by atoms with E-state index in [1.165, 1.54) is 6.07 Å². The summed E-state index contributed by atoms with van der Waals surface area (Å²) in [5, 5.41) is 0. The van der Waals surface area contributed by atoms with Crippen LogP contribution in [0.2, 0.25) is 4.34 Å². The Balaban J connectivity index is 0.00000121. The zero-order valence-electron chi connectivity index (χ0n) is 5.94. The van der Waals surface area contributed by atoms with Gasteiger partial charge in [0.05, 0.1) is 4.34 Å². The Bertz CT molecular complexity index is 368. The number of hydrogen-bond donors (Lipinski definition) is 1. The molecule has 0 fully saturated rings. The van der Waals surface area contributed by atoms with Crippen molar-refractivity contribution in [2.24, 2.45) is 0 Å². The highest BCUT2D eigenvalue weighted by atomic mass is 35.5. The van der Waals surface area contributed by atoms with Crippen LogP contribution in [0.4, 0.5) is 0 Å². The van der Waals surface area contributed by atoms with E-state index in [1.54, 1.807) is 6.92 Å². The third kappa shape index (κ3) is 2.60. The minimum atomic E-state index is -4.09. The second-order valence-electron chi connectivity index (χ2n) is 1.95. The Morgan fingerprint density at radius 2 is 2.08 bits per heavy atom. The number of halogens is 2. The summed E-state index contributed by atoms with van der Waals surface area (Å²) in [6, 6.07) is 1.23. The van der Waals surface area contributed by atoms with Crippen molar-refractivity contribution in [2.75, 3.05) is 0 Å². The molecule has 0 aliphatic heterocycles. The van der Waals surface area contributed by atoms with Crippen LogP contribution in [0.1, 0.15) is 4.88 Å². The molecular formula is C5H6Cl2O3S2. The average molecular weight is 249 g/mol. The predicted molar refractivity (Wildman–Crippen MR) is 51.1 cm³/mol. The van der Waals surface area contributed by atoms with Crippen LogP contribution in [0.15, 0.2) is 11.0 Å². The van der Waals surface area contributed by atoms with Crippen LogP contribution in [0.25, 0.3) is 0 Å². The van der Waals surface area contributed by atoms with Crippen molar-refractivity contribution in [3.05, 3.63) is 15.3 Å². The Kier molecular flexibility index (Phi) is 3.99. The van der Waals surface area contributed by atoms with E-state index in [1.807, 2.05) is 0 Å². The van der Waals surface area contributed by atoms with E-state index in [-0.39, 0.29) is 17.3 Å². The maximum absolute atomic E-state index is 10.6. The van der Waals surface area contributed by atoms with Crippen molar-refractivity contribution in [3.63, 3.8) is 0 Å². The molecule has 0 saturated heterocycles. The summed E-state index contributed by atoms with van der Waals surface area (Å²) >= 11 is 6.64. The third-order valence-corrected chi connectivity index (χ3v) is 3.41. The van der Waals surface area contributed by atoms with Crippen molar-refractivity contribution >= 4 is 45.5 Å². The maximum atomic E-state index is 10.6. The van der Waals surface area contributed by atoms with Gasteiger partial charge in [-0.25, -0.2) is 0 Å². The van der Waals surface area contributed by atoms with Crippen LogP contribution in [0.5, 0.6) is 0 Å². The molecule has 1 aromatic heterocycles. The molecule has 0 unspecified atom stereocenters. The molecule has 0 spiro atoms. The van der Waals surface area contributed by atoms with Crippen LogP contribution in [-0.2, 0) is 10.1 Å². The first-order valence-corrected chi connectivity index (χ1v) is 5.28. The molecule has 0 aliphatic rings. The van der Waals surface area contributed by atoms with Crippen molar-refractivity contribution in [1.29, 1.82) is 0 Å². The minimum absolute atomic E-state index is 0. The fourth-order valence-corrected chi connectivity index (χ4v) is 2.98. The molecule has 1 N–H and O–H groups in total. The van der Waals surface area contributed by atoms with Crippen LogP contribution in [0.3, 0.4) is 0 Å². The summed E-state index contributed by atoms with van der Waals surface area (Å²) in [6.07, 6.45) is 0.